The topological polar surface area (TPSA) is 91.6 Å². The minimum atomic E-state index is -0.863. The quantitative estimate of drug-likeness (QED) is 0.495. The van der Waals surface area contributed by atoms with Crippen LogP contribution in [0, 0.1) is 5.21 Å². The van der Waals surface area contributed by atoms with Crippen LogP contribution in [0.15, 0.2) is 46.9 Å². The van der Waals surface area contributed by atoms with Gasteiger partial charge in [0.05, 0.1) is 24.4 Å². The second-order valence-corrected chi connectivity index (χ2v) is 5.53. The number of nitrogens with one attached hydrogen (secondary N) is 1. The number of esters is 2. The van der Waals surface area contributed by atoms with Crippen LogP contribution in [0.5, 0.6) is 0 Å². The molecule has 0 amide bonds. The number of nitrogens with zero attached hydrogens (tertiary/aromatic N) is 1. The predicted octanol–water partition coefficient (Wildman–Crippen LogP) is 1.68. The van der Waals surface area contributed by atoms with Crippen molar-refractivity contribution in [3.63, 3.8) is 0 Å². The average molecular weight is 346 g/mol. The van der Waals surface area contributed by atoms with Crippen LogP contribution in [-0.2, 0) is 19.1 Å². The van der Waals surface area contributed by atoms with E-state index in [9.17, 15) is 14.8 Å². The SMILES string of the molecule is CCOC(=O)C1=C(C)NC(C)=C(C(=O)OCC)C1c1cccc[n+]1[O-]. The van der Waals surface area contributed by atoms with Crippen LogP contribution in [0.2, 0.25) is 0 Å². The molecular formula is C18H22N2O5. The molecule has 0 radical (unpaired) electrons. The first-order chi connectivity index (χ1) is 11.9. The zero-order chi connectivity index (χ0) is 18.6. The van der Waals surface area contributed by atoms with Crippen LogP contribution in [0.3, 0.4) is 0 Å². The number of pyridine rings is 1. The van der Waals surface area contributed by atoms with Crippen LogP contribution in [0.25, 0.3) is 0 Å². The standard InChI is InChI=1S/C18H22N2O5/c1-5-24-17(21)14-11(3)19-12(4)15(18(22)25-6-2)16(14)13-9-7-8-10-20(13)23/h7-10,16,19H,5-6H2,1-4H3. The minimum absolute atomic E-state index is 0.186. The molecule has 1 aromatic rings. The number of aromatic nitrogens is 1. The minimum Gasteiger partial charge on any atom is -0.618 e. The summed E-state index contributed by atoms with van der Waals surface area (Å²) in [4.78, 5) is 25.1. The summed E-state index contributed by atoms with van der Waals surface area (Å²) in [6.45, 7) is 7.19. The van der Waals surface area contributed by atoms with Crippen LogP contribution >= 0.6 is 0 Å². The summed E-state index contributed by atoms with van der Waals surface area (Å²) in [7, 11) is 0. The molecule has 0 saturated heterocycles. The third kappa shape index (κ3) is 3.65. The van der Waals surface area contributed by atoms with Crippen molar-refractivity contribution >= 4 is 11.9 Å². The summed E-state index contributed by atoms with van der Waals surface area (Å²) in [6, 6.07) is 4.85. The van der Waals surface area contributed by atoms with Gasteiger partial charge in [-0.05, 0) is 33.8 Å². The van der Waals surface area contributed by atoms with Crippen molar-refractivity contribution < 1.29 is 23.8 Å². The van der Waals surface area contributed by atoms with E-state index in [1.807, 2.05) is 0 Å². The first-order valence-electron chi connectivity index (χ1n) is 8.13. The Morgan fingerprint density at radius 2 is 1.60 bits per heavy atom. The van der Waals surface area contributed by atoms with Crippen molar-refractivity contribution in [3.8, 4) is 0 Å². The number of carbonyl (C=O) groups is 2. The Morgan fingerprint density at radius 3 is 2.04 bits per heavy atom. The van der Waals surface area contributed by atoms with Gasteiger partial charge in [-0.2, -0.15) is 4.73 Å². The molecule has 7 heteroatoms. The molecule has 1 aromatic heterocycles. The molecule has 0 saturated carbocycles. The fourth-order valence-corrected chi connectivity index (χ4v) is 2.91. The second kappa shape index (κ2) is 7.83. The highest BCUT2D eigenvalue weighted by Crippen LogP contribution is 2.37. The van der Waals surface area contributed by atoms with Gasteiger partial charge in [0.25, 0.3) is 0 Å². The van der Waals surface area contributed by atoms with E-state index >= 15 is 0 Å². The summed E-state index contributed by atoms with van der Waals surface area (Å²) in [6.07, 6.45) is 1.33. The summed E-state index contributed by atoms with van der Waals surface area (Å²) < 4.78 is 10.9. The summed E-state index contributed by atoms with van der Waals surface area (Å²) in [5.74, 6) is -2.01. The van der Waals surface area contributed by atoms with Crippen LogP contribution in [0.4, 0.5) is 0 Å². The molecule has 2 rings (SSSR count). The number of dihydropyridines is 1. The molecule has 7 nitrogen and oxygen atoms in total. The maximum absolute atomic E-state index is 12.5. The van der Waals surface area contributed by atoms with E-state index in [2.05, 4.69) is 5.32 Å². The Hall–Kier alpha value is -2.83. The lowest BCUT2D eigenvalue weighted by Gasteiger charge is -2.28. The van der Waals surface area contributed by atoms with Gasteiger partial charge in [-0.3, -0.25) is 0 Å². The Kier molecular flexibility index (Phi) is 5.80. The molecule has 134 valence electrons. The third-order valence-corrected chi connectivity index (χ3v) is 3.90. The molecule has 1 N–H and O–H groups in total. The molecule has 0 bridgehead atoms. The van der Waals surface area contributed by atoms with Crippen molar-refractivity contribution in [3.05, 3.63) is 57.8 Å². The molecule has 0 atom stereocenters. The zero-order valence-corrected chi connectivity index (χ0v) is 14.8. The van der Waals surface area contributed by atoms with Crippen LogP contribution < -0.4 is 10.0 Å². The van der Waals surface area contributed by atoms with E-state index < -0.39 is 17.9 Å². The number of rotatable bonds is 5. The molecular weight excluding hydrogens is 324 g/mol. The molecule has 0 spiro atoms. The highest BCUT2D eigenvalue weighted by Gasteiger charge is 2.41. The average Bonchev–Trinajstić information content (AvgIpc) is 2.54. The summed E-state index contributed by atoms with van der Waals surface area (Å²) >= 11 is 0. The number of hydrogen-bond donors (Lipinski definition) is 1. The van der Waals surface area contributed by atoms with Crippen molar-refractivity contribution in [2.45, 2.75) is 33.6 Å². The fraction of sp³-hybridized carbons (Fsp3) is 0.389. The van der Waals surface area contributed by atoms with Crippen molar-refractivity contribution in [2.24, 2.45) is 0 Å². The number of allylic oxidation sites excluding steroid dienone is 2. The molecule has 1 aliphatic heterocycles. The lowest BCUT2D eigenvalue weighted by Crippen LogP contribution is -2.40. The molecule has 1 aliphatic rings. The second-order valence-electron chi connectivity index (χ2n) is 5.53. The first-order valence-corrected chi connectivity index (χ1v) is 8.13. The van der Waals surface area contributed by atoms with Crippen molar-refractivity contribution in [1.29, 1.82) is 0 Å². The van der Waals surface area contributed by atoms with Gasteiger partial charge < -0.3 is 20.0 Å². The maximum Gasteiger partial charge on any atom is 0.336 e. The highest BCUT2D eigenvalue weighted by molar-refractivity contribution is 5.99. The van der Waals surface area contributed by atoms with Gasteiger partial charge >= 0.3 is 11.9 Å². The Bertz CT molecular complexity index is 712. The van der Waals surface area contributed by atoms with Crippen molar-refractivity contribution in [2.75, 3.05) is 13.2 Å². The largest absolute Gasteiger partial charge is 0.618 e. The lowest BCUT2D eigenvalue weighted by atomic mass is 9.82. The van der Waals surface area contributed by atoms with Crippen LogP contribution in [-0.4, -0.2) is 25.2 Å². The lowest BCUT2D eigenvalue weighted by molar-refractivity contribution is -0.614. The molecule has 0 unspecified atom stereocenters. The summed E-state index contributed by atoms with van der Waals surface area (Å²) in [5, 5.41) is 15.4. The summed E-state index contributed by atoms with van der Waals surface area (Å²) in [5.41, 5.74) is 1.79. The maximum atomic E-state index is 12.5. The fourth-order valence-electron chi connectivity index (χ4n) is 2.91. The highest BCUT2D eigenvalue weighted by atomic mass is 16.5. The molecule has 0 aliphatic carbocycles. The van der Waals surface area contributed by atoms with E-state index in [1.54, 1.807) is 45.9 Å². The monoisotopic (exact) mass is 346 g/mol. The molecule has 2 heterocycles. The van der Waals surface area contributed by atoms with E-state index in [4.69, 9.17) is 9.47 Å². The van der Waals surface area contributed by atoms with Gasteiger partial charge in [-0.15, -0.1) is 0 Å². The van der Waals surface area contributed by atoms with Gasteiger partial charge in [0.2, 0.25) is 5.69 Å². The Balaban J connectivity index is 2.66. The molecule has 0 aromatic carbocycles. The van der Waals surface area contributed by atoms with E-state index in [0.717, 1.165) is 0 Å². The first kappa shape index (κ1) is 18.5. The van der Waals surface area contributed by atoms with Gasteiger partial charge in [0, 0.05) is 23.5 Å². The van der Waals surface area contributed by atoms with Gasteiger partial charge in [-0.25, -0.2) is 9.59 Å². The van der Waals surface area contributed by atoms with Crippen LogP contribution in [0.1, 0.15) is 39.3 Å². The van der Waals surface area contributed by atoms with Gasteiger partial charge in [-0.1, -0.05) is 0 Å². The Labute approximate surface area is 146 Å². The van der Waals surface area contributed by atoms with Gasteiger partial charge in [0.1, 0.15) is 5.92 Å². The number of carbonyl (C=O) groups excluding carboxylic acids is 2. The number of hydrogen-bond acceptors (Lipinski definition) is 6. The smallest absolute Gasteiger partial charge is 0.336 e. The van der Waals surface area contributed by atoms with Gasteiger partial charge in [0.15, 0.2) is 6.20 Å². The Morgan fingerprint density at radius 1 is 1.08 bits per heavy atom. The normalized spacial score (nSPS) is 15.0. The van der Waals surface area contributed by atoms with E-state index in [-0.39, 0.29) is 30.1 Å². The molecule has 25 heavy (non-hydrogen) atoms. The predicted molar refractivity (Wildman–Crippen MR) is 89.9 cm³/mol. The molecule has 0 fully saturated rings. The van der Waals surface area contributed by atoms with Crippen molar-refractivity contribution in [1.82, 2.24) is 5.32 Å². The number of ether oxygens (including phenoxy) is 2. The van der Waals surface area contributed by atoms with E-state index in [1.165, 1.54) is 6.20 Å². The third-order valence-electron chi connectivity index (χ3n) is 3.90. The zero-order valence-electron chi connectivity index (χ0n) is 14.8. The van der Waals surface area contributed by atoms with E-state index in [0.29, 0.717) is 16.1 Å².